The fraction of sp³-hybridized carbons (Fsp3) is 0.263. The standard InChI is InChI=1S/C19H20ClNO5/c1-11-14(20)6-5-7-15(11)21-18(22)12(2)26-19(23)13-8-9-16(24-3)17(10-13)25-4/h5-10,12H,1-4H3,(H,21,22)/t12-/m1/s1. The number of rotatable bonds is 6. The average molecular weight is 378 g/mol. The van der Waals surface area contributed by atoms with Crippen molar-refractivity contribution in [1.29, 1.82) is 0 Å². The Morgan fingerprint density at radius 2 is 1.77 bits per heavy atom. The van der Waals surface area contributed by atoms with Gasteiger partial charge in [0.15, 0.2) is 17.6 Å². The lowest BCUT2D eigenvalue weighted by atomic mass is 10.2. The summed E-state index contributed by atoms with van der Waals surface area (Å²) < 4.78 is 15.5. The number of nitrogens with one attached hydrogen (secondary N) is 1. The topological polar surface area (TPSA) is 73.9 Å². The normalized spacial score (nSPS) is 11.4. The summed E-state index contributed by atoms with van der Waals surface area (Å²) in [6, 6.07) is 9.80. The number of esters is 1. The van der Waals surface area contributed by atoms with Gasteiger partial charge in [-0.1, -0.05) is 17.7 Å². The minimum atomic E-state index is -0.992. The maximum absolute atomic E-state index is 12.3. The summed E-state index contributed by atoms with van der Waals surface area (Å²) in [7, 11) is 2.97. The zero-order valence-electron chi connectivity index (χ0n) is 15.0. The van der Waals surface area contributed by atoms with Gasteiger partial charge in [-0.25, -0.2) is 4.79 Å². The van der Waals surface area contributed by atoms with Crippen LogP contribution in [0.5, 0.6) is 11.5 Å². The Hall–Kier alpha value is -2.73. The third kappa shape index (κ3) is 4.46. The minimum absolute atomic E-state index is 0.251. The van der Waals surface area contributed by atoms with Crippen molar-refractivity contribution in [3.8, 4) is 11.5 Å². The number of hydrogen-bond acceptors (Lipinski definition) is 5. The smallest absolute Gasteiger partial charge is 0.339 e. The van der Waals surface area contributed by atoms with Crippen LogP contribution < -0.4 is 14.8 Å². The van der Waals surface area contributed by atoms with E-state index >= 15 is 0 Å². The highest BCUT2D eigenvalue weighted by Crippen LogP contribution is 2.28. The lowest BCUT2D eigenvalue weighted by Gasteiger charge is -2.15. The molecule has 0 aliphatic carbocycles. The molecule has 2 aromatic carbocycles. The van der Waals surface area contributed by atoms with Crippen molar-refractivity contribution in [1.82, 2.24) is 0 Å². The number of carbonyl (C=O) groups is 2. The van der Waals surface area contributed by atoms with Crippen LogP contribution in [0.15, 0.2) is 36.4 Å². The molecule has 0 heterocycles. The van der Waals surface area contributed by atoms with E-state index in [0.717, 1.165) is 5.56 Å². The molecule has 0 saturated carbocycles. The molecule has 0 spiro atoms. The Bertz CT molecular complexity index is 822. The van der Waals surface area contributed by atoms with Crippen LogP contribution >= 0.6 is 11.6 Å². The van der Waals surface area contributed by atoms with E-state index in [2.05, 4.69) is 5.32 Å². The van der Waals surface area contributed by atoms with Crippen molar-refractivity contribution in [3.63, 3.8) is 0 Å². The summed E-state index contributed by atoms with van der Waals surface area (Å²) in [5, 5.41) is 3.24. The van der Waals surface area contributed by atoms with Gasteiger partial charge in [0.05, 0.1) is 19.8 Å². The van der Waals surface area contributed by atoms with Crippen LogP contribution in [-0.2, 0) is 9.53 Å². The maximum atomic E-state index is 12.3. The molecule has 0 aliphatic rings. The number of carbonyl (C=O) groups excluding carboxylic acids is 2. The molecule has 0 bridgehead atoms. The van der Waals surface area contributed by atoms with E-state index in [9.17, 15) is 9.59 Å². The second kappa shape index (κ2) is 8.58. The van der Waals surface area contributed by atoms with Crippen LogP contribution in [0.2, 0.25) is 5.02 Å². The van der Waals surface area contributed by atoms with Crippen molar-refractivity contribution in [2.75, 3.05) is 19.5 Å². The van der Waals surface area contributed by atoms with E-state index in [1.165, 1.54) is 33.3 Å². The molecule has 6 nitrogen and oxygen atoms in total. The van der Waals surface area contributed by atoms with E-state index in [0.29, 0.717) is 22.2 Å². The first kappa shape index (κ1) is 19.6. The zero-order chi connectivity index (χ0) is 19.3. The molecular weight excluding hydrogens is 358 g/mol. The highest BCUT2D eigenvalue weighted by Gasteiger charge is 2.21. The summed E-state index contributed by atoms with van der Waals surface area (Å²) in [6.07, 6.45) is -0.992. The van der Waals surface area contributed by atoms with Gasteiger partial charge in [0.1, 0.15) is 0 Å². The van der Waals surface area contributed by atoms with E-state index in [4.69, 9.17) is 25.8 Å². The average Bonchev–Trinajstić information content (AvgIpc) is 2.64. The van der Waals surface area contributed by atoms with E-state index < -0.39 is 18.0 Å². The molecule has 1 atom stereocenters. The van der Waals surface area contributed by atoms with Gasteiger partial charge >= 0.3 is 5.97 Å². The summed E-state index contributed by atoms with van der Waals surface area (Å²) >= 11 is 6.04. The molecule has 138 valence electrons. The molecule has 26 heavy (non-hydrogen) atoms. The molecule has 2 rings (SSSR count). The summed E-state index contributed by atoms with van der Waals surface area (Å²) in [6.45, 7) is 3.28. The van der Waals surface area contributed by atoms with Gasteiger partial charge in [-0.15, -0.1) is 0 Å². The van der Waals surface area contributed by atoms with E-state index in [-0.39, 0.29) is 5.56 Å². The van der Waals surface area contributed by atoms with Crippen LogP contribution in [0.3, 0.4) is 0 Å². The first-order valence-electron chi connectivity index (χ1n) is 7.86. The highest BCUT2D eigenvalue weighted by molar-refractivity contribution is 6.31. The lowest BCUT2D eigenvalue weighted by molar-refractivity contribution is -0.123. The fourth-order valence-corrected chi connectivity index (χ4v) is 2.40. The second-order valence-corrected chi connectivity index (χ2v) is 5.93. The van der Waals surface area contributed by atoms with Crippen LogP contribution in [0.25, 0.3) is 0 Å². The number of ether oxygens (including phenoxy) is 3. The summed E-state index contributed by atoms with van der Waals surface area (Å²) in [5.41, 5.74) is 1.55. The first-order valence-corrected chi connectivity index (χ1v) is 8.24. The largest absolute Gasteiger partial charge is 0.493 e. The zero-order valence-corrected chi connectivity index (χ0v) is 15.7. The molecule has 2 aromatic rings. The van der Waals surface area contributed by atoms with Crippen molar-refractivity contribution in [2.24, 2.45) is 0 Å². The van der Waals surface area contributed by atoms with E-state index in [1.807, 2.05) is 0 Å². The second-order valence-electron chi connectivity index (χ2n) is 5.52. The van der Waals surface area contributed by atoms with Gasteiger partial charge in [0.2, 0.25) is 0 Å². The fourth-order valence-electron chi connectivity index (χ4n) is 2.22. The molecule has 0 radical (unpaired) electrons. The molecule has 0 aliphatic heterocycles. The summed E-state index contributed by atoms with van der Waals surface area (Å²) in [5.74, 6) is -0.208. The number of anilines is 1. The molecule has 7 heteroatoms. The summed E-state index contributed by atoms with van der Waals surface area (Å²) in [4.78, 5) is 24.6. The molecule has 0 saturated heterocycles. The van der Waals surface area contributed by atoms with Gasteiger partial charge in [-0.2, -0.15) is 0 Å². The third-order valence-electron chi connectivity index (χ3n) is 3.80. The van der Waals surface area contributed by atoms with Crippen molar-refractivity contribution in [3.05, 3.63) is 52.5 Å². The Morgan fingerprint density at radius 1 is 1.08 bits per heavy atom. The predicted molar refractivity (Wildman–Crippen MR) is 99.2 cm³/mol. The van der Waals surface area contributed by atoms with Gasteiger partial charge in [0.25, 0.3) is 5.91 Å². The third-order valence-corrected chi connectivity index (χ3v) is 4.21. The molecule has 1 amide bonds. The Kier molecular flexibility index (Phi) is 6.46. The van der Waals surface area contributed by atoms with Crippen LogP contribution in [-0.4, -0.2) is 32.2 Å². The number of benzene rings is 2. The molecule has 0 fully saturated rings. The first-order chi connectivity index (χ1) is 12.4. The Morgan fingerprint density at radius 3 is 2.42 bits per heavy atom. The van der Waals surface area contributed by atoms with Gasteiger partial charge in [-0.3, -0.25) is 4.79 Å². The van der Waals surface area contributed by atoms with Crippen molar-refractivity contribution in [2.45, 2.75) is 20.0 Å². The van der Waals surface area contributed by atoms with Crippen LogP contribution in [0, 0.1) is 6.92 Å². The van der Waals surface area contributed by atoms with Crippen molar-refractivity contribution >= 4 is 29.2 Å². The number of hydrogen-bond donors (Lipinski definition) is 1. The number of methoxy groups -OCH3 is 2. The lowest BCUT2D eigenvalue weighted by Crippen LogP contribution is -2.30. The quantitative estimate of drug-likeness (QED) is 0.774. The Labute approximate surface area is 157 Å². The van der Waals surface area contributed by atoms with Gasteiger partial charge in [-0.05, 0) is 49.7 Å². The Balaban J connectivity index is 2.06. The van der Waals surface area contributed by atoms with Crippen molar-refractivity contribution < 1.29 is 23.8 Å². The molecule has 0 unspecified atom stereocenters. The molecular formula is C19H20ClNO5. The SMILES string of the molecule is COc1ccc(C(=O)O[C@H](C)C(=O)Nc2cccc(Cl)c2C)cc1OC. The van der Waals surface area contributed by atoms with Gasteiger partial charge < -0.3 is 19.5 Å². The number of amides is 1. The maximum Gasteiger partial charge on any atom is 0.339 e. The van der Waals surface area contributed by atoms with Crippen LogP contribution in [0.4, 0.5) is 5.69 Å². The van der Waals surface area contributed by atoms with Gasteiger partial charge in [0, 0.05) is 10.7 Å². The predicted octanol–water partition coefficient (Wildman–Crippen LogP) is 3.85. The van der Waals surface area contributed by atoms with E-state index in [1.54, 1.807) is 31.2 Å². The molecule has 1 N–H and O–H groups in total. The molecule has 0 aromatic heterocycles. The highest BCUT2D eigenvalue weighted by atomic mass is 35.5. The minimum Gasteiger partial charge on any atom is -0.493 e. The monoisotopic (exact) mass is 377 g/mol. The van der Waals surface area contributed by atoms with Crippen LogP contribution in [0.1, 0.15) is 22.8 Å². The number of halogens is 1.